The first-order valence-corrected chi connectivity index (χ1v) is 11.7. The molecule has 7 nitrogen and oxygen atoms in total. The zero-order valence-electron chi connectivity index (χ0n) is 19.6. The summed E-state index contributed by atoms with van der Waals surface area (Å²) in [5.41, 5.74) is 1.35. The highest BCUT2D eigenvalue weighted by molar-refractivity contribution is 5.99. The molecule has 0 spiro atoms. The minimum absolute atomic E-state index is 0.0228. The zero-order chi connectivity index (χ0) is 24.1. The van der Waals surface area contributed by atoms with Gasteiger partial charge < -0.3 is 14.8 Å². The molecule has 1 N–H and O–H groups in total. The lowest BCUT2D eigenvalue weighted by Crippen LogP contribution is -2.42. The molecular weight excluding hydrogens is 428 g/mol. The summed E-state index contributed by atoms with van der Waals surface area (Å²) in [7, 11) is 0. The largest absolute Gasteiger partial charge is 0.350 e. The van der Waals surface area contributed by atoms with Crippen molar-refractivity contribution < 1.29 is 9.59 Å². The number of pyridine rings is 2. The lowest BCUT2D eigenvalue weighted by molar-refractivity contribution is 0.0608. The van der Waals surface area contributed by atoms with Gasteiger partial charge in [0, 0.05) is 43.9 Å². The maximum Gasteiger partial charge on any atom is 0.259 e. The van der Waals surface area contributed by atoms with Gasteiger partial charge in [0.2, 0.25) is 5.43 Å². The highest BCUT2D eigenvalue weighted by atomic mass is 16.2. The summed E-state index contributed by atoms with van der Waals surface area (Å²) in [6.45, 7) is 4.76. The number of nitrogens with zero attached hydrogens (tertiary/aromatic N) is 3. The Morgan fingerprint density at radius 2 is 1.82 bits per heavy atom. The SMILES string of the molecule is CC(C)n1cc(C(=O)NCc2ccccc2)c(=O)c(C(=O)N2CCCC[C@@H]2c2cccnc2)c1. The molecule has 0 aliphatic carbocycles. The maximum absolute atomic E-state index is 13.7. The molecule has 7 heteroatoms. The quantitative estimate of drug-likeness (QED) is 0.602. The Hall–Kier alpha value is -3.74. The van der Waals surface area contributed by atoms with Crippen LogP contribution in [0.15, 0.2) is 72.0 Å². The number of rotatable bonds is 6. The van der Waals surface area contributed by atoms with Crippen LogP contribution in [0.5, 0.6) is 0 Å². The predicted octanol–water partition coefficient (Wildman–Crippen LogP) is 4.12. The first-order valence-electron chi connectivity index (χ1n) is 11.7. The minimum atomic E-state index is -0.539. The van der Waals surface area contributed by atoms with E-state index in [1.807, 2.05) is 56.3 Å². The van der Waals surface area contributed by atoms with E-state index >= 15 is 0 Å². The fraction of sp³-hybridized carbons (Fsp3) is 0.333. The van der Waals surface area contributed by atoms with Gasteiger partial charge in [0.25, 0.3) is 11.8 Å². The first-order chi connectivity index (χ1) is 16.5. The molecule has 2 amide bonds. The second-order valence-electron chi connectivity index (χ2n) is 8.92. The van der Waals surface area contributed by atoms with Gasteiger partial charge in [-0.2, -0.15) is 0 Å². The second-order valence-corrected chi connectivity index (χ2v) is 8.92. The Kier molecular flexibility index (Phi) is 7.21. The van der Waals surface area contributed by atoms with Crippen molar-refractivity contribution in [1.29, 1.82) is 0 Å². The number of hydrogen-bond acceptors (Lipinski definition) is 4. The van der Waals surface area contributed by atoms with Gasteiger partial charge in [0.15, 0.2) is 0 Å². The Morgan fingerprint density at radius 3 is 2.53 bits per heavy atom. The zero-order valence-corrected chi connectivity index (χ0v) is 19.6. The molecule has 3 heterocycles. The van der Waals surface area contributed by atoms with E-state index in [2.05, 4.69) is 10.3 Å². The van der Waals surface area contributed by atoms with Crippen molar-refractivity contribution in [2.24, 2.45) is 0 Å². The van der Waals surface area contributed by atoms with Crippen molar-refractivity contribution in [2.75, 3.05) is 6.54 Å². The molecule has 1 aliphatic rings. The van der Waals surface area contributed by atoms with Gasteiger partial charge in [-0.05, 0) is 50.3 Å². The molecule has 2 aromatic heterocycles. The molecular formula is C27H30N4O3. The number of hydrogen-bond donors (Lipinski definition) is 1. The summed E-state index contributed by atoms with van der Waals surface area (Å²) in [6, 6.07) is 13.2. The normalized spacial score (nSPS) is 15.9. The Morgan fingerprint density at radius 1 is 1.06 bits per heavy atom. The minimum Gasteiger partial charge on any atom is -0.350 e. The Labute approximate surface area is 199 Å². The maximum atomic E-state index is 13.7. The van der Waals surface area contributed by atoms with Gasteiger partial charge >= 0.3 is 0 Å². The Bertz CT molecular complexity index is 1210. The molecule has 0 bridgehead atoms. The molecule has 1 aromatic carbocycles. The standard InChI is InChI=1S/C27H30N4O3/c1-19(2)30-17-22(26(33)29-15-20-9-4-3-5-10-20)25(32)23(18-30)27(34)31-14-7-6-12-24(31)21-11-8-13-28-16-21/h3-5,8-11,13,16-19,24H,6-7,12,14-15H2,1-2H3,(H,29,33)/t24-/m1/s1. The van der Waals surface area contributed by atoms with Crippen LogP contribution in [0.4, 0.5) is 0 Å². The first kappa shape index (κ1) is 23.4. The molecule has 0 radical (unpaired) electrons. The molecule has 0 saturated carbocycles. The van der Waals surface area contributed by atoms with Gasteiger partial charge in [0.1, 0.15) is 11.1 Å². The highest BCUT2D eigenvalue weighted by Gasteiger charge is 2.31. The van der Waals surface area contributed by atoms with Gasteiger partial charge in [0.05, 0.1) is 6.04 Å². The number of carbonyl (C=O) groups excluding carboxylic acids is 2. The molecule has 0 unspecified atom stereocenters. The number of benzene rings is 1. The van der Waals surface area contributed by atoms with E-state index in [1.165, 1.54) is 0 Å². The van der Waals surface area contributed by atoms with Gasteiger partial charge in [-0.25, -0.2) is 0 Å². The predicted molar refractivity (Wildman–Crippen MR) is 131 cm³/mol. The number of likely N-dealkylation sites (tertiary alicyclic amines) is 1. The van der Waals surface area contributed by atoms with Crippen molar-refractivity contribution in [3.63, 3.8) is 0 Å². The number of nitrogens with one attached hydrogen (secondary N) is 1. The Balaban J connectivity index is 1.66. The summed E-state index contributed by atoms with van der Waals surface area (Å²) in [5, 5.41) is 2.82. The molecule has 1 saturated heterocycles. The van der Waals surface area contributed by atoms with Crippen LogP contribution in [0.1, 0.15) is 77.0 Å². The fourth-order valence-corrected chi connectivity index (χ4v) is 4.33. The van der Waals surface area contributed by atoms with Crippen LogP contribution in [-0.4, -0.2) is 32.8 Å². The van der Waals surface area contributed by atoms with E-state index in [9.17, 15) is 14.4 Å². The van der Waals surface area contributed by atoms with Gasteiger partial charge in [-0.3, -0.25) is 19.4 Å². The summed E-state index contributed by atoms with van der Waals surface area (Å²) in [4.78, 5) is 46.0. The molecule has 176 valence electrons. The van der Waals surface area contributed by atoms with E-state index in [-0.39, 0.29) is 29.1 Å². The van der Waals surface area contributed by atoms with Crippen LogP contribution in [0.25, 0.3) is 0 Å². The molecule has 1 atom stereocenters. The van der Waals surface area contributed by atoms with Crippen LogP contribution in [0.3, 0.4) is 0 Å². The van der Waals surface area contributed by atoms with E-state index in [1.54, 1.807) is 34.3 Å². The highest BCUT2D eigenvalue weighted by Crippen LogP contribution is 2.31. The van der Waals surface area contributed by atoms with Gasteiger partial charge in [-0.1, -0.05) is 36.4 Å². The topological polar surface area (TPSA) is 84.3 Å². The molecule has 34 heavy (non-hydrogen) atoms. The molecule has 3 aromatic rings. The van der Waals surface area contributed by atoms with Crippen LogP contribution in [0.2, 0.25) is 0 Å². The van der Waals surface area contributed by atoms with Crippen molar-refractivity contribution in [2.45, 2.75) is 51.7 Å². The molecule has 1 fully saturated rings. The van der Waals surface area contributed by atoms with Crippen molar-refractivity contribution in [3.8, 4) is 0 Å². The van der Waals surface area contributed by atoms with E-state index in [0.717, 1.165) is 30.4 Å². The number of amides is 2. The van der Waals surface area contributed by atoms with Crippen LogP contribution in [-0.2, 0) is 6.54 Å². The molecule has 4 rings (SSSR count). The van der Waals surface area contributed by atoms with E-state index in [4.69, 9.17) is 0 Å². The second kappa shape index (κ2) is 10.5. The monoisotopic (exact) mass is 458 g/mol. The average molecular weight is 459 g/mol. The molecule has 1 aliphatic heterocycles. The van der Waals surface area contributed by atoms with Crippen molar-refractivity contribution in [3.05, 3.63) is 99.7 Å². The van der Waals surface area contributed by atoms with Gasteiger partial charge in [-0.15, -0.1) is 0 Å². The van der Waals surface area contributed by atoms with E-state index < -0.39 is 11.3 Å². The van der Waals surface area contributed by atoms with Crippen LogP contribution < -0.4 is 10.7 Å². The third-order valence-electron chi connectivity index (χ3n) is 6.25. The van der Waals surface area contributed by atoms with Crippen molar-refractivity contribution in [1.82, 2.24) is 19.8 Å². The average Bonchev–Trinajstić information content (AvgIpc) is 2.88. The smallest absolute Gasteiger partial charge is 0.259 e. The van der Waals surface area contributed by atoms with Crippen LogP contribution in [0, 0.1) is 0 Å². The summed E-state index contributed by atoms with van der Waals surface area (Å²) in [6.07, 6.45) is 9.29. The fourth-order valence-electron chi connectivity index (χ4n) is 4.33. The number of piperidine rings is 1. The number of aromatic nitrogens is 2. The van der Waals surface area contributed by atoms with E-state index in [0.29, 0.717) is 13.1 Å². The third kappa shape index (κ3) is 5.09. The van der Waals surface area contributed by atoms with Crippen LogP contribution >= 0.6 is 0 Å². The summed E-state index contributed by atoms with van der Waals surface area (Å²) < 4.78 is 1.76. The summed E-state index contributed by atoms with van der Waals surface area (Å²) >= 11 is 0. The lowest BCUT2D eigenvalue weighted by atomic mass is 9.95. The third-order valence-corrected chi connectivity index (χ3v) is 6.25. The number of carbonyl (C=O) groups is 2. The lowest BCUT2D eigenvalue weighted by Gasteiger charge is -2.36. The summed E-state index contributed by atoms with van der Waals surface area (Å²) in [5.74, 6) is -0.828. The van der Waals surface area contributed by atoms with Crippen molar-refractivity contribution >= 4 is 11.8 Å².